The molecule has 21 heavy (non-hydrogen) atoms. The molecule has 0 bridgehead atoms. The number of alkyl halides is 3. The van der Waals surface area contributed by atoms with Gasteiger partial charge in [-0.05, 0) is 24.6 Å². The van der Waals surface area contributed by atoms with Gasteiger partial charge in [-0.15, -0.1) is 0 Å². The Morgan fingerprint density at radius 1 is 1.43 bits per heavy atom. The van der Waals surface area contributed by atoms with Crippen molar-refractivity contribution in [1.82, 2.24) is 4.98 Å². The molecule has 0 aliphatic heterocycles. The lowest BCUT2D eigenvalue weighted by atomic mass is 10.0. The highest BCUT2D eigenvalue weighted by Crippen LogP contribution is 2.35. The molecular weight excluding hydrogens is 369 g/mol. The van der Waals surface area contributed by atoms with Gasteiger partial charge in [-0.2, -0.15) is 13.2 Å². The van der Waals surface area contributed by atoms with Gasteiger partial charge in [-0.1, -0.05) is 39.4 Å². The van der Waals surface area contributed by atoms with Crippen molar-refractivity contribution in [3.63, 3.8) is 0 Å². The molecule has 0 saturated carbocycles. The van der Waals surface area contributed by atoms with Gasteiger partial charge in [0, 0.05) is 4.47 Å². The zero-order chi connectivity index (χ0) is 15.6. The summed E-state index contributed by atoms with van der Waals surface area (Å²) in [5.41, 5.74) is 0.759. The number of benzene rings is 1. The Kier molecular flexibility index (Phi) is 4.67. The molecular formula is C13H10BrF3N2OS. The van der Waals surface area contributed by atoms with Crippen LogP contribution in [-0.2, 0) is 11.0 Å². The fourth-order valence-electron chi connectivity index (χ4n) is 1.60. The van der Waals surface area contributed by atoms with Crippen LogP contribution < -0.4 is 5.32 Å². The maximum Gasteiger partial charge on any atom is 0.427 e. The molecule has 112 valence electrons. The molecule has 0 aliphatic carbocycles. The molecule has 0 spiro atoms. The van der Waals surface area contributed by atoms with E-state index in [1.807, 2.05) is 6.07 Å². The van der Waals surface area contributed by atoms with Crippen LogP contribution in [0.25, 0.3) is 0 Å². The molecule has 1 heterocycles. The number of hydrogen-bond donors (Lipinski definition) is 1. The second-order valence-electron chi connectivity index (χ2n) is 4.29. The first-order chi connectivity index (χ1) is 9.77. The first kappa shape index (κ1) is 16.0. The number of nitrogens with one attached hydrogen (secondary N) is 1. The van der Waals surface area contributed by atoms with Crippen LogP contribution in [0.15, 0.2) is 34.9 Å². The van der Waals surface area contributed by atoms with Gasteiger partial charge in [0.2, 0.25) is 5.91 Å². The molecule has 8 heteroatoms. The summed E-state index contributed by atoms with van der Waals surface area (Å²) in [6.45, 7) is 1.68. The molecule has 0 aliphatic rings. The van der Waals surface area contributed by atoms with Crippen molar-refractivity contribution in [1.29, 1.82) is 0 Å². The average Bonchev–Trinajstić information content (AvgIpc) is 2.86. The van der Waals surface area contributed by atoms with Crippen LogP contribution in [0.1, 0.15) is 23.3 Å². The maximum atomic E-state index is 12.5. The molecule has 1 N–H and O–H groups in total. The van der Waals surface area contributed by atoms with Gasteiger partial charge in [0.15, 0.2) is 5.13 Å². The van der Waals surface area contributed by atoms with Crippen molar-refractivity contribution in [3.8, 4) is 0 Å². The Bertz CT molecular complexity index is 657. The highest BCUT2D eigenvalue weighted by molar-refractivity contribution is 9.10. The number of rotatable bonds is 3. The predicted molar refractivity (Wildman–Crippen MR) is 78.3 cm³/mol. The molecule has 1 amide bonds. The minimum Gasteiger partial charge on any atom is -0.301 e. The monoisotopic (exact) mass is 378 g/mol. The van der Waals surface area contributed by atoms with Crippen molar-refractivity contribution >= 4 is 38.3 Å². The molecule has 0 fully saturated rings. The summed E-state index contributed by atoms with van der Waals surface area (Å²) in [7, 11) is 0. The third-order valence-electron chi connectivity index (χ3n) is 2.76. The van der Waals surface area contributed by atoms with Crippen molar-refractivity contribution in [2.45, 2.75) is 19.0 Å². The van der Waals surface area contributed by atoms with Crippen LogP contribution in [0.4, 0.5) is 18.3 Å². The number of amides is 1. The maximum absolute atomic E-state index is 12.5. The van der Waals surface area contributed by atoms with E-state index >= 15 is 0 Å². The highest BCUT2D eigenvalue weighted by Gasteiger charge is 2.33. The molecule has 1 atom stereocenters. The van der Waals surface area contributed by atoms with Crippen molar-refractivity contribution in [2.24, 2.45) is 0 Å². The number of carbonyl (C=O) groups is 1. The molecule has 1 aromatic carbocycles. The van der Waals surface area contributed by atoms with E-state index < -0.39 is 22.9 Å². The van der Waals surface area contributed by atoms with Crippen LogP contribution in [0.2, 0.25) is 0 Å². The first-order valence-electron chi connectivity index (χ1n) is 5.86. The van der Waals surface area contributed by atoms with Crippen LogP contribution in [0, 0.1) is 0 Å². The molecule has 0 saturated heterocycles. The van der Waals surface area contributed by atoms with Gasteiger partial charge in [0.1, 0.15) is 4.88 Å². The second-order valence-corrected chi connectivity index (χ2v) is 6.24. The number of hydrogen-bond acceptors (Lipinski definition) is 3. The summed E-state index contributed by atoms with van der Waals surface area (Å²) in [4.78, 5) is 14.8. The van der Waals surface area contributed by atoms with Gasteiger partial charge < -0.3 is 5.32 Å². The predicted octanol–water partition coefficient (Wildman–Crippen LogP) is 4.67. The van der Waals surface area contributed by atoms with Gasteiger partial charge in [-0.25, -0.2) is 4.98 Å². The largest absolute Gasteiger partial charge is 0.427 e. The van der Waals surface area contributed by atoms with E-state index in [0.717, 1.165) is 10.0 Å². The van der Waals surface area contributed by atoms with Crippen molar-refractivity contribution in [3.05, 3.63) is 45.4 Å². The van der Waals surface area contributed by atoms with Crippen LogP contribution in [0.3, 0.4) is 0 Å². The lowest BCUT2D eigenvalue weighted by molar-refractivity contribution is -0.134. The lowest BCUT2D eigenvalue weighted by Crippen LogP contribution is -2.18. The fraction of sp³-hybridized carbons (Fsp3) is 0.231. The first-order valence-corrected chi connectivity index (χ1v) is 7.47. The van der Waals surface area contributed by atoms with Gasteiger partial charge in [0.25, 0.3) is 0 Å². The van der Waals surface area contributed by atoms with E-state index in [-0.39, 0.29) is 5.13 Å². The highest BCUT2D eigenvalue weighted by atomic mass is 79.9. The Hall–Kier alpha value is -1.41. The smallest absolute Gasteiger partial charge is 0.301 e. The minimum atomic E-state index is -4.45. The van der Waals surface area contributed by atoms with E-state index in [2.05, 4.69) is 26.2 Å². The van der Waals surface area contributed by atoms with Crippen molar-refractivity contribution in [2.75, 3.05) is 5.32 Å². The van der Waals surface area contributed by atoms with E-state index in [1.165, 1.54) is 0 Å². The van der Waals surface area contributed by atoms with Crippen LogP contribution in [-0.4, -0.2) is 10.9 Å². The quantitative estimate of drug-likeness (QED) is 0.843. The zero-order valence-electron chi connectivity index (χ0n) is 10.7. The summed E-state index contributed by atoms with van der Waals surface area (Å²) in [5, 5.41) is 2.34. The summed E-state index contributed by atoms with van der Waals surface area (Å²) >= 11 is 3.71. The van der Waals surface area contributed by atoms with E-state index in [0.29, 0.717) is 17.5 Å². The zero-order valence-corrected chi connectivity index (χ0v) is 13.1. The molecule has 2 rings (SSSR count). The number of aromatic nitrogens is 1. The molecule has 1 aromatic heterocycles. The number of carbonyl (C=O) groups excluding carboxylic acids is 1. The molecule has 0 radical (unpaired) electrons. The van der Waals surface area contributed by atoms with E-state index in [1.54, 1.807) is 25.1 Å². The Morgan fingerprint density at radius 3 is 2.71 bits per heavy atom. The lowest BCUT2D eigenvalue weighted by Gasteiger charge is -2.11. The fourth-order valence-corrected chi connectivity index (χ4v) is 2.71. The summed E-state index contributed by atoms with van der Waals surface area (Å²) in [5.74, 6) is -0.906. The van der Waals surface area contributed by atoms with E-state index in [4.69, 9.17) is 0 Å². The number of anilines is 1. The minimum absolute atomic E-state index is 0.0610. The molecule has 2 aromatic rings. The van der Waals surface area contributed by atoms with Gasteiger partial charge in [-0.3, -0.25) is 4.79 Å². The number of nitrogens with zero attached hydrogens (tertiary/aromatic N) is 1. The topological polar surface area (TPSA) is 42.0 Å². The summed E-state index contributed by atoms with van der Waals surface area (Å²) in [6.07, 6.45) is -3.74. The number of thiazole rings is 1. The standard InChI is InChI=1S/C13H10BrF3N2OS/c1-7(8-3-2-4-9(14)5-8)11(20)19-12-18-6-10(21-12)13(15,16)17/h2-7H,1H3,(H,18,19,20)/t7-/m0/s1. The third-order valence-corrected chi connectivity index (χ3v) is 4.21. The van der Waals surface area contributed by atoms with Crippen LogP contribution in [0.5, 0.6) is 0 Å². The SMILES string of the molecule is C[C@H](C(=O)Nc1ncc(C(F)(F)F)s1)c1cccc(Br)c1. The Balaban J connectivity index is 2.09. The van der Waals surface area contributed by atoms with Crippen molar-refractivity contribution < 1.29 is 18.0 Å². The molecule has 3 nitrogen and oxygen atoms in total. The normalized spacial score (nSPS) is 13.0. The summed E-state index contributed by atoms with van der Waals surface area (Å²) in [6, 6.07) is 7.17. The summed E-state index contributed by atoms with van der Waals surface area (Å²) < 4.78 is 38.2. The van der Waals surface area contributed by atoms with Gasteiger partial charge in [0.05, 0.1) is 12.1 Å². The Morgan fingerprint density at radius 2 is 2.14 bits per heavy atom. The van der Waals surface area contributed by atoms with Gasteiger partial charge >= 0.3 is 6.18 Å². The van der Waals surface area contributed by atoms with E-state index in [9.17, 15) is 18.0 Å². The second kappa shape index (κ2) is 6.15. The number of halogens is 4. The van der Waals surface area contributed by atoms with Crippen LogP contribution >= 0.6 is 27.3 Å². The third kappa shape index (κ3) is 4.04. The Labute approximate surface area is 131 Å². The molecule has 0 unspecified atom stereocenters. The average molecular weight is 379 g/mol.